The van der Waals surface area contributed by atoms with E-state index in [0.717, 1.165) is 0 Å². The van der Waals surface area contributed by atoms with E-state index in [9.17, 15) is 8.78 Å². The van der Waals surface area contributed by atoms with Crippen molar-refractivity contribution in [3.63, 3.8) is 0 Å². The van der Waals surface area contributed by atoms with Crippen LogP contribution in [0, 0.1) is 0 Å². The van der Waals surface area contributed by atoms with Crippen molar-refractivity contribution in [1.29, 1.82) is 0 Å². The third kappa shape index (κ3) is 3.58. The zero-order valence-electron chi connectivity index (χ0n) is 10.1. The third-order valence-corrected chi connectivity index (χ3v) is 2.47. The fraction of sp³-hybridized carbons (Fsp3) is 0.0833. The molecule has 5 nitrogen and oxygen atoms in total. The Hall–Kier alpha value is -2.35. The van der Waals surface area contributed by atoms with Crippen LogP contribution >= 0.6 is 12.2 Å². The quantitative estimate of drug-likeness (QED) is 0.826. The zero-order chi connectivity index (χ0) is 14.5. The van der Waals surface area contributed by atoms with Crippen molar-refractivity contribution in [2.75, 3.05) is 5.32 Å². The molecule has 0 aliphatic carbocycles. The number of para-hydroxylation sites is 2. The maximum Gasteiger partial charge on any atom is 0.387 e. The second kappa shape index (κ2) is 6.20. The molecule has 0 unspecified atom stereocenters. The smallest absolute Gasteiger partial charge is 0.387 e. The van der Waals surface area contributed by atoms with Crippen LogP contribution in [0.3, 0.4) is 0 Å². The highest BCUT2D eigenvalue weighted by Gasteiger charge is 2.10. The Labute approximate surface area is 118 Å². The minimum absolute atomic E-state index is 0.00757. The number of halogens is 2. The number of nitrogens with one attached hydrogen (secondary N) is 1. The number of anilines is 2. The molecule has 0 aliphatic heterocycles. The second-order valence-corrected chi connectivity index (χ2v) is 4.07. The van der Waals surface area contributed by atoms with Gasteiger partial charge in [-0.2, -0.15) is 8.78 Å². The van der Waals surface area contributed by atoms with Gasteiger partial charge in [-0.25, -0.2) is 9.97 Å². The van der Waals surface area contributed by atoms with Gasteiger partial charge in [0.25, 0.3) is 0 Å². The van der Waals surface area contributed by atoms with Gasteiger partial charge in [-0.3, -0.25) is 0 Å². The van der Waals surface area contributed by atoms with Gasteiger partial charge in [0.05, 0.1) is 5.69 Å². The lowest BCUT2D eigenvalue weighted by Gasteiger charge is -2.11. The number of rotatable bonds is 5. The van der Waals surface area contributed by atoms with Gasteiger partial charge in [0.1, 0.15) is 16.4 Å². The van der Waals surface area contributed by atoms with Crippen molar-refractivity contribution in [3.05, 3.63) is 42.2 Å². The van der Waals surface area contributed by atoms with E-state index in [-0.39, 0.29) is 16.7 Å². The van der Waals surface area contributed by atoms with Crippen LogP contribution in [0.4, 0.5) is 20.4 Å². The van der Waals surface area contributed by atoms with E-state index >= 15 is 0 Å². The minimum atomic E-state index is -2.91. The molecule has 0 atom stereocenters. The Kier molecular flexibility index (Phi) is 4.36. The van der Waals surface area contributed by atoms with E-state index < -0.39 is 6.61 Å². The summed E-state index contributed by atoms with van der Waals surface area (Å²) in [5.74, 6) is 0.174. The van der Waals surface area contributed by atoms with Gasteiger partial charge >= 0.3 is 6.61 Å². The number of benzene rings is 1. The van der Waals surface area contributed by atoms with Crippen molar-refractivity contribution >= 4 is 28.8 Å². The number of ether oxygens (including phenoxy) is 1. The molecule has 8 heteroatoms. The molecule has 0 radical (unpaired) electrons. The number of nitrogens with zero attached hydrogens (tertiary/aromatic N) is 2. The Morgan fingerprint density at radius 1 is 1.30 bits per heavy atom. The largest absolute Gasteiger partial charge is 0.433 e. The maximum atomic E-state index is 12.3. The summed E-state index contributed by atoms with van der Waals surface area (Å²) in [7, 11) is 0. The molecule has 0 saturated heterocycles. The molecule has 104 valence electrons. The van der Waals surface area contributed by atoms with Crippen LogP contribution in [0.15, 0.2) is 36.5 Å². The van der Waals surface area contributed by atoms with Crippen LogP contribution in [0.25, 0.3) is 0 Å². The summed E-state index contributed by atoms with van der Waals surface area (Å²) in [6.45, 7) is -2.91. The summed E-state index contributed by atoms with van der Waals surface area (Å²) in [5.41, 5.74) is 6.15. The van der Waals surface area contributed by atoms with Crippen LogP contribution in [0.1, 0.15) is 5.69 Å². The van der Waals surface area contributed by atoms with Gasteiger partial charge in [0, 0.05) is 6.20 Å². The summed E-state index contributed by atoms with van der Waals surface area (Å²) in [5, 5.41) is 2.78. The Balaban J connectivity index is 2.25. The first-order valence-corrected chi connectivity index (χ1v) is 5.91. The average molecular weight is 296 g/mol. The topological polar surface area (TPSA) is 73.1 Å². The summed E-state index contributed by atoms with van der Waals surface area (Å²) in [6, 6.07) is 7.77. The summed E-state index contributed by atoms with van der Waals surface area (Å²) >= 11 is 4.80. The molecule has 0 aliphatic rings. The standard InChI is InChI=1S/C12H10F2N4OS/c13-11(14)19-9-4-2-1-3-7(9)17-12-16-6-5-8(18-12)10(15)20/h1-6,11H,(H2,15,20)(H,16,17,18). The van der Waals surface area contributed by atoms with Gasteiger partial charge < -0.3 is 15.8 Å². The molecule has 0 saturated carbocycles. The Morgan fingerprint density at radius 2 is 2.05 bits per heavy atom. The summed E-state index contributed by atoms with van der Waals surface area (Å²) in [4.78, 5) is 8.13. The molecule has 2 aromatic rings. The molecule has 3 N–H and O–H groups in total. The van der Waals surface area contributed by atoms with Crippen molar-refractivity contribution in [3.8, 4) is 5.75 Å². The van der Waals surface area contributed by atoms with Crippen LogP contribution in [-0.4, -0.2) is 21.6 Å². The maximum absolute atomic E-state index is 12.3. The zero-order valence-corrected chi connectivity index (χ0v) is 10.9. The van der Waals surface area contributed by atoms with Gasteiger partial charge in [0.15, 0.2) is 0 Å². The van der Waals surface area contributed by atoms with Crippen molar-refractivity contribution in [2.24, 2.45) is 5.73 Å². The van der Waals surface area contributed by atoms with Crippen LogP contribution in [0.2, 0.25) is 0 Å². The lowest BCUT2D eigenvalue weighted by Crippen LogP contribution is -2.13. The lowest BCUT2D eigenvalue weighted by atomic mass is 10.3. The van der Waals surface area contributed by atoms with Crippen molar-refractivity contribution < 1.29 is 13.5 Å². The molecule has 1 heterocycles. The molecule has 0 spiro atoms. The van der Waals surface area contributed by atoms with Gasteiger partial charge in [-0.05, 0) is 18.2 Å². The van der Waals surface area contributed by atoms with E-state index in [4.69, 9.17) is 18.0 Å². The fourth-order valence-corrected chi connectivity index (χ4v) is 1.56. The molecule has 20 heavy (non-hydrogen) atoms. The van der Waals surface area contributed by atoms with Gasteiger partial charge in [-0.1, -0.05) is 24.4 Å². The number of nitrogens with two attached hydrogens (primary N) is 1. The lowest BCUT2D eigenvalue weighted by molar-refractivity contribution is -0.0493. The van der Waals surface area contributed by atoms with Crippen LogP contribution < -0.4 is 15.8 Å². The fourth-order valence-electron chi connectivity index (χ4n) is 1.45. The molecule has 1 aromatic carbocycles. The summed E-state index contributed by atoms with van der Waals surface area (Å²) < 4.78 is 29.0. The van der Waals surface area contributed by atoms with E-state index in [1.165, 1.54) is 12.3 Å². The van der Waals surface area contributed by atoms with Gasteiger partial charge in [-0.15, -0.1) is 0 Å². The molecule has 1 aromatic heterocycles. The molecule has 0 bridgehead atoms. The van der Waals surface area contributed by atoms with E-state index in [1.54, 1.807) is 24.3 Å². The average Bonchev–Trinajstić information content (AvgIpc) is 2.41. The molecule has 0 amide bonds. The Morgan fingerprint density at radius 3 is 2.75 bits per heavy atom. The van der Waals surface area contributed by atoms with Crippen molar-refractivity contribution in [1.82, 2.24) is 9.97 Å². The van der Waals surface area contributed by atoms with Crippen LogP contribution in [-0.2, 0) is 0 Å². The number of aromatic nitrogens is 2. The number of hydrogen-bond acceptors (Lipinski definition) is 5. The second-order valence-electron chi connectivity index (χ2n) is 3.63. The number of thiocarbonyl (C=S) groups is 1. The Bertz CT molecular complexity index is 624. The number of alkyl halides is 2. The molecular weight excluding hydrogens is 286 g/mol. The summed E-state index contributed by atoms with van der Waals surface area (Å²) in [6.07, 6.45) is 1.46. The minimum Gasteiger partial charge on any atom is -0.433 e. The van der Waals surface area contributed by atoms with E-state index in [1.807, 2.05) is 0 Å². The van der Waals surface area contributed by atoms with Crippen molar-refractivity contribution in [2.45, 2.75) is 6.61 Å². The SMILES string of the molecule is NC(=S)c1ccnc(Nc2ccccc2OC(F)F)n1. The molecular formula is C12H10F2N4OS. The van der Waals surface area contributed by atoms with Crippen LogP contribution in [0.5, 0.6) is 5.75 Å². The first-order chi connectivity index (χ1) is 9.56. The molecule has 0 fully saturated rings. The monoisotopic (exact) mass is 296 g/mol. The highest BCUT2D eigenvalue weighted by Crippen LogP contribution is 2.27. The first kappa shape index (κ1) is 14.1. The predicted octanol–water partition coefficient (Wildman–Crippen LogP) is 2.46. The highest BCUT2D eigenvalue weighted by molar-refractivity contribution is 7.80. The van der Waals surface area contributed by atoms with Gasteiger partial charge in [0.2, 0.25) is 5.95 Å². The van der Waals surface area contributed by atoms with E-state index in [2.05, 4.69) is 20.0 Å². The third-order valence-electron chi connectivity index (χ3n) is 2.26. The van der Waals surface area contributed by atoms with E-state index in [0.29, 0.717) is 11.4 Å². The highest BCUT2D eigenvalue weighted by atomic mass is 32.1. The number of hydrogen-bond donors (Lipinski definition) is 2. The predicted molar refractivity (Wildman–Crippen MR) is 74.3 cm³/mol. The molecule has 2 rings (SSSR count). The normalized spacial score (nSPS) is 10.3. The first-order valence-electron chi connectivity index (χ1n) is 5.50.